The summed E-state index contributed by atoms with van der Waals surface area (Å²) >= 11 is 4.47. The van der Waals surface area contributed by atoms with E-state index in [0.29, 0.717) is 4.88 Å². The molecule has 6 heteroatoms. The van der Waals surface area contributed by atoms with Gasteiger partial charge < -0.3 is 5.32 Å². The molecule has 0 spiro atoms. The van der Waals surface area contributed by atoms with Crippen LogP contribution in [0.4, 0.5) is 14.5 Å². The third-order valence-electron chi connectivity index (χ3n) is 2.30. The zero-order chi connectivity index (χ0) is 13.3. The molecule has 0 aliphatic rings. The molecule has 0 atom stereocenters. The van der Waals surface area contributed by atoms with Crippen LogP contribution in [-0.2, 0) is 0 Å². The average molecular weight is 332 g/mol. The van der Waals surface area contributed by atoms with Gasteiger partial charge in [-0.1, -0.05) is 6.07 Å². The summed E-state index contributed by atoms with van der Waals surface area (Å²) < 4.78 is 27.5. The Morgan fingerprint density at radius 1 is 1.33 bits per heavy atom. The molecule has 0 radical (unpaired) electrons. The van der Waals surface area contributed by atoms with Crippen LogP contribution in [0.5, 0.6) is 0 Å². The molecule has 2 nitrogen and oxygen atoms in total. The van der Waals surface area contributed by atoms with E-state index < -0.39 is 23.2 Å². The highest BCUT2D eigenvalue weighted by Gasteiger charge is 2.16. The molecule has 18 heavy (non-hydrogen) atoms. The predicted molar refractivity (Wildman–Crippen MR) is 71.1 cm³/mol. The fraction of sp³-hybridized carbons (Fsp3) is 0.0833. The number of carbonyl (C=O) groups is 1. The summed E-state index contributed by atoms with van der Waals surface area (Å²) in [5.74, 6) is -2.11. The molecule has 0 fully saturated rings. The lowest BCUT2D eigenvalue weighted by molar-refractivity contribution is 0.102. The monoisotopic (exact) mass is 331 g/mol. The molecular weight excluding hydrogens is 324 g/mol. The lowest BCUT2D eigenvalue weighted by Crippen LogP contribution is -2.13. The van der Waals surface area contributed by atoms with Gasteiger partial charge in [-0.15, -0.1) is 11.3 Å². The number of rotatable bonds is 2. The Morgan fingerprint density at radius 2 is 1.94 bits per heavy atom. The van der Waals surface area contributed by atoms with Gasteiger partial charge >= 0.3 is 0 Å². The van der Waals surface area contributed by atoms with Gasteiger partial charge in [0.05, 0.1) is 8.66 Å². The molecule has 94 valence electrons. The zero-order valence-corrected chi connectivity index (χ0v) is 11.7. The molecule has 0 aliphatic carbocycles. The SMILES string of the molecule is Cc1cc(Br)sc1C(=O)Nc1c(F)cccc1F. The van der Waals surface area contributed by atoms with Gasteiger partial charge in [0.2, 0.25) is 0 Å². The van der Waals surface area contributed by atoms with Crippen molar-refractivity contribution in [1.29, 1.82) is 0 Å². The van der Waals surface area contributed by atoms with Crippen LogP contribution in [0.25, 0.3) is 0 Å². The van der Waals surface area contributed by atoms with Crippen molar-refractivity contribution in [3.63, 3.8) is 0 Å². The number of benzene rings is 1. The maximum Gasteiger partial charge on any atom is 0.266 e. The first-order valence-electron chi connectivity index (χ1n) is 5.00. The maximum atomic E-state index is 13.4. The van der Waals surface area contributed by atoms with Crippen LogP contribution in [-0.4, -0.2) is 5.91 Å². The van der Waals surface area contributed by atoms with Crippen LogP contribution in [0.2, 0.25) is 0 Å². The van der Waals surface area contributed by atoms with Gasteiger partial charge in [-0.2, -0.15) is 0 Å². The van der Waals surface area contributed by atoms with E-state index in [4.69, 9.17) is 0 Å². The molecule has 1 heterocycles. The van der Waals surface area contributed by atoms with Crippen molar-refractivity contribution < 1.29 is 13.6 Å². The number of thiophene rings is 1. The smallest absolute Gasteiger partial charge is 0.266 e. The fourth-order valence-corrected chi connectivity index (χ4v) is 3.08. The van der Waals surface area contributed by atoms with Gasteiger partial charge in [0.15, 0.2) is 0 Å². The van der Waals surface area contributed by atoms with E-state index in [0.717, 1.165) is 21.5 Å². The summed E-state index contributed by atoms with van der Waals surface area (Å²) in [6.07, 6.45) is 0. The first-order valence-corrected chi connectivity index (χ1v) is 6.61. The van der Waals surface area contributed by atoms with Gasteiger partial charge in [-0.25, -0.2) is 8.78 Å². The van der Waals surface area contributed by atoms with E-state index >= 15 is 0 Å². The highest BCUT2D eigenvalue weighted by atomic mass is 79.9. The van der Waals surface area contributed by atoms with E-state index in [1.165, 1.54) is 17.4 Å². The topological polar surface area (TPSA) is 29.1 Å². The van der Waals surface area contributed by atoms with E-state index in [-0.39, 0.29) is 0 Å². The normalized spacial score (nSPS) is 10.4. The summed E-state index contributed by atoms with van der Waals surface area (Å²) in [4.78, 5) is 12.3. The lowest BCUT2D eigenvalue weighted by atomic mass is 10.2. The summed E-state index contributed by atoms with van der Waals surface area (Å²) in [6, 6.07) is 5.20. The van der Waals surface area contributed by atoms with Gasteiger partial charge in [0.25, 0.3) is 5.91 Å². The Morgan fingerprint density at radius 3 is 2.44 bits per heavy atom. The number of halogens is 3. The van der Waals surface area contributed by atoms with Crippen LogP contribution in [0.15, 0.2) is 28.1 Å². The lowest BCUT2D eigenvalue weighted by Gasteiger charge is -2.06. The maximum absolute atomic E-state index is 13.4. The van der Waals surface area contributed by atoms with Crippen molar-refractivity contribution in [2.45, 2.75) is 6.92 Å². The van der Waals surface area contributed by atoms with Gasteiger partial charge in [-0.3, -0.25) is 4.79 Å². The molecule has 2 aromatic rings. The van der Waals surface area contributed by atoms with Crippen molar-refractivity contribution in [1.82, 2.24) is 0 Å². The molecule has 0 saturated carbocycles. The molecule has 1 N–H and O–H groups in total. The molecule has 0 aliphatic heterocycles. The highest BCUT2D eigenvalue weighted by Crippen LogP contribution is 2.28. The van der Waals surface area contributed by atoms with Crippen molar-refractivity contribution >= 4 is 38.9 Å². The Bertz CT molecular complexity index is 592. The Balaban J connectivity index is 2.30. The minimum Gasteiger partial charge on any atom is -0.316 e. The molecule has 0 saturated heterocycles. The first-order chi connectivity index (χ1) is 8.49. The minimum absolute atomic E-state index is 0.421. The van der Waals surface area contributed by atoms with Gasteiger partial charge in [0, 0.05) is 0 Å². The van der Waals surface area contributed by atoms with Crippen molar-refractivity contribution in [3.8, 4) is 0 Å². The minimum atomic E-state index is -0.795. The highest BCUT2D eigenvalue weighted by molar-refractivity contribution is 9.11. The van der Waals surface area contributed by atoms with E-state index in [1.54, 1.807) is 13.0 Å². The Labute approximate surface area is 115 Å². The summed E-state index contributed by atoms with van der Waals surface area (Å²) in [5.41, 5.74) is 0.326. The number of aryl methyl sites for hydroxylation is 1. The zero-order valence-electron chi connectivity index (χ0n) is 9.26. The molecule has 0 bridgehead atoms. The molecule has 0 unspecified atom stereocenters. The van der Waals surface area contributed by atoms with Crippen molar-refractivity contribution in [2.24, 2.45) is 0 Å². The van der Waals surface area contributed by atoms with Crippen molar-refractivity contribution in [3.05, 3.63) is 50.1 Å². The second-order valence-electron chi connectivity index (χ2n) is 3.61. The molecule has 1 aromatic carbocycles. The number of anilines is 1. The van der Waals surface area contributed by atoms with Gasteiger partial charge in [-0.05, 0) is 46.6 Å². The molecule has 1 aromatic heterocycles. The summed E-state index contributed by atoms with van der Waals surface area (Å²) in [5, 5.41) is 2.25. The van der Waals surface area contributed by atoms with Crippen LogP contribution in [0.3, 0.4) is 0 Å². The van der Waals surface area contributed by atoms with Crippen LogP contribution in [0.1, 0.15) is 15.2 Å². The number of hydrogen-bond donors (Lipinski definition) is 1. The van der Waals surface area contributed by atoms with Gasteiger partial charge in [0.1, 0.15) is 17.3 Å². The summed E-state index contributed by atoms with van der Waals surface area (Å²) in [7, 11) is 0. The van der Waals surface area contributed by atoms with Crippen molar-refractivity contribution in [2.75, 3.05) is 5.32 Å². The second kappa shape index (κ2) is 5.16. The first kappa shape index (κ1) is 13.2. The molecule has 2 rings (SSSR count). The number of hydrogen-bond acceptors (Lipinski definition) is 2. The van der Waals surface area contributed by atoms with E-state index in [9.17, 15) is 13.6 Å². The predicted octanol–water partition coefficient (Wildman–Crippen LogP) is 4.35. The summed E-state index contributed by atoms with van der Waals surface area (Å²) in [6.45, 7) is 1.76. The molecular formula is C12H8BrF2NOS. The Kier molecular flexibility index (Phi) is 3.77. The number of amides is 1. The third-order valence-corrected chi connectivity index (χ3v) is 4.03. The number of carbonyl (C=O) groups excluding carboxylic acids is 1. The quantitative estimate of drug-likeness (QED) is 0.870. The van der Waals surface area contributed by atoms with Crippen LogP contribution >= 0.6 is 27.3 Å². The number of nitrogens with one attached hydrogen (secondary N) is 1. The molecule has 1 amide bonds. The average Bonchev–Trinajstić information content (AvgIpc) is 2.63. The largest absolute Gasteiger partial charge is 0.316 e. The van der Waals surface area contributed by atoms with Crippen LogP contribution in [0, 0.1) is 18.6 Å². The number of para-hydroxylation sites is 1. The van der Waals surface area contributed by atoms with E-state index in [2.05, 4.69) is 21.2 Å². The third kappa shape index (κ3) is 2.59. The fourth-order valence-electron chi connectivity index (χ4n) is 1.46. The second-order valence-corrected chi connectivity index (χ2v) is 6.04. The Hall–Kier alpha value is -1.27. The van der Waals surface area contributed by atoms with Crippen LogP contribution < -0.4 is 5.32 Å². The standard InChI is InChI=1S/C12H8BrF2NOS/c1-6-5-9(13)18-11(6)12(17)16-10-7(14)3-2-4-8(10)15/h2-5H,1H3,(H,16,17). The van der Waals surface area contributed by atoms with E-state index in [1.807, 2.05) is 0 Å².